The van der Waals surface area contributed by atoms with Gasteiger partial charge in [-0.3, -0.25) is 4.79 Å². The van der Waals surface area contributed by atoms with Crippen molar-refractivity contribution in [2.45, 2.75) is 63.9 Å². The molecule has 0 heterocycles. The molecule has 4 unspecified atom stereocenters. The molecule has 20 heavy (non-hydrogen) atoms. The highest BCUT2D eigenvalue weighted by Gasteiger charge is 2.32. The van der Waals surface area contributed by atoms with Crippen LogP contribution in [0.5, 0.6) is 0 Å². The van der Waals surface area contributed by atoms with Crippen LogP contribution in [-0.4, -0.2) is 36.9 Å². The van der Waals surface area contributed by atoms with Gasteiger partial charge in [-0.2, -0.15) is 13.2 Å². The zero-order chi connectivity index (χ0) is 15.3. The highest BCUT2D eigenvalue weighted by atomic mass is 19.4. The number of halogens is 3. The molecule has 1 fully saturated rings. The molecule has 1 aliphatic rings. The molecule has 1 rings (SSSR count). The molecule has 0 aromatic rings. The van der Waals surface area contributed by atoms with Crippen molar-refractivity contribution in [2.24, 2.45) is 11.7 Å². The van der Waals surface area contributed by atoms with Crippen molar-refractivity contribution >= 4 is 5.91 Å². The van der Waals surface area contributed by atoms with Crippen molar-refractivity contribution in [1.29, 1.82) is 0 Å². The van der Waals surface area contributed by atoms with Crippen molar-refractivity contribution < 1.29 is 22.7 Å². The molecule has 3 N–H and O–H groups in total. The van der Waals surface area contributed by atoms with Gasteiger partial charge in [0.15, 0.2) is 0 Å². The molecule has 7 heteroatoms. The van der Waals surface area contributed by atoms with E-state index in [9.17, 15) is 18.0 Å². The number of hydrogen-bond acceptors (Lipinski definition) is 3. The lowest BCUT2D eigenvalue weighted by Gasteiger charge is -2.31. The molecule has 0 aliphatic heterocycles. The summed E-state index contributed by atoms with van der Waals surface area (Å²) in [5, 5.41) is 2.85. The number of hydrogen-bond donors (Lipinski definition) is 2. The van der Waals surface area contributed by atoms with Crippen molar-refractivity contribution in [1.82, 2.24) is 5.32 Å². The molecule has 118 valence electrons. The van der Waals surface area contributed by atoms with E-state index in [1.807, 2.05) is 0 Å². The van der Waals surface area contributed by atoms with Gasteiger partial charge in [0.25, 0.3) is 0 Å². The predicted molar refractivity (Wildman–Crippen MR) is 69.0 cm³/mol. The first kappa shape index (κ1) is 17.2. The van der Waals surface area contributed by atoms with Gasteiger partial charge >= 0.3 is 6.18 Å². The van der Waals surface area contributed by atoms with Crippen molar-refractivity contribution in [2.75, 3.05) is 6.61 Å². The standard InChI is InChI=1S/C13H23F3N2O2/c1-8(9(2)17)12(19)18-10-4-3-5-11(6-10)20-7-13(14,15)16/h8-11H,3-7,17H2,1-2H3,(H,18,19). The molecule has 0 spiro atoms. The van der Waals surface area contributed by atoms with E-state index in [1.165, 1.54) is 0 Å². The Morgan fingerprint density at radius 1 is 1.40 bits per heavy atom. The summed E-state index contributed by atoms with van der Waals surface area (Å²) in [6.45, 7) is 2.26. The summed E-state index contributed by atoms with van der Waals surface area (Å²) in [6, 6.07) is -0.383. The van der Waals surface area contributed by atoms with Crippen molar-refractivity contribution in [3.63, 3.8) is 0 Å². The number of nitrogens with one attached hydrogen (secondary N) is 1. The SMILES string of the molecule is CC(N)C(C)C(=O)NC1CCCC(OCC(F)(F)F)C1. The number of carbonyl (C=O) groups excluding carboxylic acids is 1. The maximum absolute atomic E-state index is 12.1. The molecule has 0 aromatic carbocycles. The van der Waals surface area contributed by atoms with Gasteiger partial charge in [0.05, 0.1) is 6.10 Å². The van der Waals surface area contributed by atoms with Crippen LogP contribution >= 0.6 is 0 Å². The van der Waals surface area contributed by atoms with E-state index in [4.69, 9.17) is 10.5 Å². The number of amides is 1. The molecular weight excluding hydrogens is 273 g/mol. The summed E-state index contributed by atoms with van der Waals surface area (Å²) < 4.78 is 41.2. The van der Waals surface area contributed by atoms with Crippen LogP contribution in [0.2, 0.25) is 0 Å². The third-order valence-electron chi connectivity index (χ3n) is 3.66. The van der Waals surface area contributed by atoms with Gasteiger partial charge < -0.3 is 15.8 Å². The van der Waals surface area contributed by atoms with Crippen LogP contribution in [-0.2, 0) is 9.53 Å². The Labute approximate surface area is 117 Å². The molecule has 0 radical (unpaired) electrons. The van der Waals surface area contributed by atoms with Crippen LogP contribution in [0, 0.1) is 5.92 Å². The Balaban J connectivity index is 2.39. The fourth-order valence-electron chi connectivity index (χ4n) is 2.21. The van der Waals surface area contributed by atoms with Crippen LogP contribution < -0.4 is 11.1 Å². The van der Waals surface area contributed by atoms with Gasteiger partial charge in [-0.25, -0.2) is 0 Å². The van der Waals surface area contributed by atoms with Gasteiger partial charge in [0, 0.05) is 18.0 Å². The largest absolute Gasteiger partial charge is 0.411 e. The number of ether oxygens (including phenoxy) is 1. The third kappa shape index (κ3) is 6.09. The normalized spacial score (nSPS) is 26.9. The van der Waals surface area contributed by atoms with Gasteiger partial charge in [-0.1, -0.05) is 6.92 Å². The Morgan fingerprint density at radius 3 is 2.60 bits per heavy atom. The highest BCUT2D eigenvalue weighted by molar-refractivity contribution is 5.79. The number of nitrogens with two attached hydrogens (primary N) is 1. The van der Waals surface area contributed by atoms with E-state index in [0.29, 0.717) is 12.8 Å². The first-order valence-corrected chi connectivity index (χ1v) is 6.93. The summed E-state index contributed by atoms with van der Waals surface area (Å²) in [6.07, 6.45) is -2.21. The Kier molecular flexibility index (Phi) is 6.26. The molecule has 0 aromatic heterocycles. The van der Waals surface area contributed by atoms with Gasteiger partial charge in [-0.05, 0) is 32.6 Å². The monoisotopic (exact) mass is 296 g/mol. The topological polar surface area (TPSA) is 64.4 Å². The van der Waals surface area contributed by atoms with E-state index in [2.05, 4.69) is 5.32 Å². The summed E-state index contributed by atoms with van der Waals surface area (Å²) in [5.41, 5.74) is 5.65. The minimum absolute atomic E-state index is 0.129. The van der Waals surface area contributed by atoms with Crippen molar-refractivity contribution in [3.05, 3.63) is 0 Å². The van der Waals surface area contributed by atoms with Gasteiger partial charge in [-0.15, -0.1) is 0 Å². The molecule has 1 aliphatic carbocycles. The predicted octanol–water partition coefficient (Wildman–Crippen LogP) is 1.98. The zero-order valence-electron chi connectivity index (χ0n) is 11.9. The lowest BCUT2D eigenvalue weighted by Crippen LogP contribution is -2.46. The first-order valence-electron chi connectivity index (χ1n) is 6.93. The number of rotatable bonds is 5. The van der Waals surface area contributed by atoms with E-state index >= 15 is 0 Å². The maximum Gasteiger partial charge on any atom is 0.411 e. The molecule has 4 nitrogen and oxygen atoms in total. The van der Waals surface area contributed by atoms with Crippen molar-refractivity contribution in [3.8, 4) is 0 Å². The highest BCUT2D eigenvalue weighted by Crippen LogP contribution is 2.24. The van der Waals surface area contributed by atoms with E-state index < -0.39 is 18.9 Å². The fraction of sp³-hybridized carbons (Fsp3) is 0.923. The van der Waals surface area contributed by atoms with Gasteiger partial charge in [0.2, 0.25) is 5.91 Å². The third-order valence-corrected chi connectivity index (χ3v) is 3.66. The minimum atomic E-state index is -4.31. The summed E-state index contributed by atoms with van der Waals surface area (Å²) in [7, 11) is 0. The summed E-state index contributed by atoms with van der Waals surface area (Å²) >= 11 is 0. The van der Waals surface area contributed by atoms with Gasteiger partial charge in [0.1, 0.15) is 6.61 Å². The average Bonchev–Trinajstić information content (AvgIpc) is 2.35. The minimum Gasteiger partial charge on any atom is -0.369 e. The molecule has 0 bridgehead atoms. The fourth-order valence-corrected chi connectivity index (χ4v) is 2.21. The molecule has 1 amide bonds. The summed E-state index contributed by atoms with van der Waals surface area (Å²) in [5.74, 6) is -0.465. The number of alkyl halides is 3. The average molecular weight is 296 g/mol. The maximum atomic E-state index is 12.1. The molecule has 0 saturated heterocycles. The lowest BCUT2D eigenvalue weighted by molar-refractivity contribution is -0.188. The smallest absolute Gasteiger partial charge is 0.369 e. The van der Waals surface area contributed by atoms with Crippen LogP contribution in [0.3, 0.4) is 0 Å². The Hall–Kier alpha value is -0.820. The Morgan fingerprint density at radius 2 is 2.05 bits per heavy atom. The quantitative estimate of drug-likeness (QED) is 0.815. The second kappa shape index (κ2) is 7.26. The second-order valence-corrected chi connectivity index (χ2v) is 5.57. The molecule has 4 atom stereocenters. The van der Waals surface area contributed by atoms with Crippen LogP contribution in [0.15, 0.2) is 0 Å². The number of carbonyl (C=O) groups is 1. The first-order chi connectivity index (χ1) is 9.19. The van der Waals surface area contributed by atoms with E-state index in [0.717, 1.165) is 12.8 Å². The molecule has 1 saturated carbocycles. The Bertz CT molecular complexity index is 321. The molecular formula is C13H23F3N2O2. The van der Waals surface area contributed by atoms with E-state index in [1.54, 1.807) is 13.8 Å². The lowest BCUT2D eigenvalue weighted by atomic mass is 9.92. The van der Waals surface area contributed by atoms with Crippen LogP contribution in [0.25, 0.3) is 0 Å². The van der Waals surface area contributed by atoms with Crippen LogP contribution in [0.1, 0.15) is 39.5 Å². The summed E-state index contributed by atoms with van der Waals surface area (Å²) in [4.78, 5) is 11.9. The zero-order valence-corrected chi connectivity index (χ0v) is 11.9. The van der Waals surface area contributed by atoms with E-state index in [-0.39, 0.29) is 23.9 Å². The van der Waals surface area contributed by atoms with Crippen LogP contribution in [0.4, 0.5) is 13.2 Å². The second-order valence-electron chi connectivity index (χ2n) is 5.57.